The molecule has 2 saturated heterocycles. The zero-order chi connectivity index (χ0) is 16.7. The molecular formula is C19H21NO4. The van der Waals surface area contributed by atoms with E-state index < -0.39 is 17.4 Å². The fourth-order valence-electron chi connectivity index (χ4n) is 4.18. The minimum absolute atomic E-state index is 0.0100. The number of benzene rings is 1. The summed E-state index contributed by atoms with van der Waals surface area (Å²) in [6, 6.07) is 10.1. The second kappa shape index (κ2) is 5.74. The molecule has 1 amide bonds. The highest BCUT2D eigenvalue weighted by Crippen LogP contribution is 2.52. The first-order valence-electron chi connectivity index (χ1n) is 8.51. The van der Waals surface area contributed by atoms with Crippen molar-refractivity contribution in [1.29, 1.82) is 0 Å². The summed E-state index contributed by atoms with van der Waals surface area (Å²) in [7, 11) is 0. The molecule has 1 spiro atoms. The van der Waals surface area contributed by atoms with E-state index >= 15 is 0 Å². The Morgan fingerprint density at radius 1 is 1.38 bits per heavy atom. The summed E-state index contributed by atoms with van der Waals surface area (Å²) in [6.45, 7) is 3.25. The van der Waals surface area contributed by atoms with Gasteiger partial charge in [0.05, 0.1) is 25.2 Å². The third kappa shape index (κ3) is 2.26. The molecule has 0 aromatic heterocycles. The number of fused-ring (bicyclic) bond motifs is 1. The van der Waals surface area contributed by atoms with Crippen LogP contribution in [0, 0.1) is 11.8 Å². The highest BCUT2D eigenvalue weighted by molar-refractivity contribution is 5.91. The quantitative estimate of drug-likeness (QED) is 0.608. The average Bonchev–Trinajstić information content (AvgIpc) is 3.22. The van der Waals surface area contributed by atoms with Gasteiger partial charge in [-0.15, -0.1) is 0 Å². The van der Waals surface area contributed by atoms with Crippen molar-refractivity contribution in [3.05, 3.63) is 48.0 Å². The summed E-state index contributed by atoms with van der Waals surface area (Å²) in [5.41, 5.74) is 0.554. The predicted octanol–water partition coefficient (Wildman–Crippen LogP) is 1.57. The minimum atomic E-state index is -0.643. The van der Waals surface area contributed by atoms with Gasteiger partial charge in [0.2, 0.25) is 5.91 Å². The Morgan fingerprint density at radius 3 is 2.92 bits per heavy atom. The van der Waals surface area contributed by atoms with Crippen molar-refractivity contribution in [1.82, 2.24) is 4.90 Å². The molecule has 5 heteroatoms. The summed E-state index contributed by atoms with van der Waals surface area (Å²) < 4.78 is 11.2. The SMILES string of the molecule is CCOC(=O)[C@H]1[C@@H]2C=C[C@]3(CN(CCc4ccccc4)C(=O)[C@H]13)O2. The first kappa shape index (κ1) is 15.4. The van der Waals surface area contributed by atoms with E-state index in [4.69, 9.17) is 9.47 Å². The molecular weight excluding hydrogens is 306 g/mol. The molecule has 3 aliphatic heterocycles. The van der Waals surface area contributed by atoms with Crippen LogP contribution in [-0.2, 0) is 25.5 Å². The lowest BCUT2D eigenvalue weighted by Crippen LogP contribution is -2.40. The molecule has 5 nitrogen and oxygen atoms in total. The zero-order valence-corrected chi connectivity index (χ0v) is 13.7. The standard InChI is InChI=1S/C19H21NO4/c1-2-23-18(22)15-14-8-10-19(24-14)12-20(17(21)16(15)19)11-9-13-6-4-3-5-7-13/h3-8,10,14-16H,2,9,11-12H2,1H3/t14-,15-,16-,19+/m0/s1. The number of ether oxygens (including phenoxy) is 2. The van der Waals surface area contributed by atoms with Gasteiger partial charge in [-0.3, -0.25) is 9.59 Å². The van der Waals surface area contributed by atoms with Gasteiger partial charge < -0.3 is 14.4 Å². The predicted molar refractivity (Wildman–Crippen MR) is 87.1 cm³/mol. The van der Waals surface area contributed by atoms with Crippen LogP contribution in [0.1, 0.15) is 12.5 Å². The average molecular weight is 327 g/mol. The number of hydrogen-bond donors (Lipinski definition) is 0. The maximum atomic E-state index is 12.9. The van der Waals surface area contributed by atoms with E-state index in [1.807, 2.05) is 35.3 Å². The summed E-state index contributed by atoms with van der Waals surface area (Å²) in [5.74, 6) is -1.26. The normalized spacial score (nSPS) is 33.1. The van der Waals surface area contributed by atoms with Crippen molar-refractivity contribution in [3.63, 3.8) is 0 Å². The van der Waals surface area contributed by atoms with Crippen molar-refractivity contribution >= 4 is 11.9 Å². The summed E-state index contributed by atoms with van der Waals surface area (Å²) in [6.07, 6.45) is 4.35. The van der Waals surface area contributed by atoms with Gasteiger partial charge in [-0.05, 0) is 18.9 Å². The van der Waals surface area contributed by atoms with Gasteiger partial charge >= 0.3 is 5.97 Å². The smallest absolute Gasteiger partial charge is 0.312 e. The summed E-state index contributed by atoms with van der Waals surface area (Å²) >= 11 is 0. The van der Waals surface area contributed by atoms with Crippen LogP contribution >= 0.6 is 0 Å². The van der Waals surface area contributed by atoms with Crippen LogP contribution in [0.15, 0.2) is 42.5 Å². The molecule has 4 atom stereocenters. The minimum Gasteiger partial charge on any atom is -0.466 e. The molecule has 4 rings (SSSR count). The molecule has 3 heterocycles. The van der Waals surface area contributed by atoms with E-state index in [0.29, 0.717) is 19.7 Å². The second-order valence-corrected chi connectivity index (χ2v) is 6.65. The molecule has 0 aliphatic carbocycles. The lowest BCUT2D eigenvalue weighted by Gasteiger charge is -2.22. The van der Waals surface area contributed by atoms with E-state index in [0.717, 1.165) is 6.42 Å². The lowest BCUT2D eigenvalue weighted by atomic mass is 9.77. The number of hydrogen-bond acceptors (Lipinski definition) is 4. The molecule has 0 unspecified atom stereocenters. The topological polar surface area (TPSA) is 55.8 Å². The van der Waals surface area contributed by atoms with Gasteiger partial charge in [-0.2, -0.15) is 0 Å². The third-order valence-electron chi connectivity index (χ3n) is 5.25. The summed E-state index contributed by atoms with van der Waals surface area (Å²) in [5, 5.41) is 0. The largest absolute Gasteiger partial charge is 0.466 e. The van der Waals surface area contributed by atoms with Gasteiger partial charge in [0, 0.05) is 6.54 Å². The van der Waals surface area contributed by atoms with Gasteiger partial charge in [-0.25, -0.2) is 0 Å². The van der Waals surface area contributed by atoms with Crippen LogP contribution in [0.4, 0.5) is 0 Å². The Morgan fingerprint density at radius 2 is 2.17 bits per heavy atom. The molecule has 0 N–H and O–H groups in total. The maximum absolute atomic E-state index is 12.9. The van der Waals surface area contributed by atoms with E-state index in [1.54, 1.807) is 6.92 Å². The Bertz CT molecular complexity index is 686. The zero-order valence-electron chi connectivity index (χ0n) is 13.7. The fourth-order valence-corrected chi connectivity index (χ4v) is 4.18. The van der Waals surface area contributed by atoms with Crippen LogP contribution in [0.3, 0.4) is 0 Å². The molecule has 0 radical (unpaired) electrons. The Kier molecular flexibility index (Phi) is 3.68. The Hall–Kier alpha value is -2.14. The Balaban J connectivity index is 1.51. The fraction of sp³-hybridized carbons (Fsp3) is 0.474. The number of carbonyl (C=O) groups excluding carboxylic acids is 2. The van der Waals surface area contributed by atoms with Gasteiger partial charge in [0.1, 0.15) is 11.5 Å². The number of carbonyl (C=O) groups is 2. The molecule has 126 valence electrons. The van der Waals surface area contributed by atoms with Crippen molar-refractivity contribution < 1.29 is 19.1 Å². The van der Waals surface area contributed by atoms with Crippen LogP contribution in [-0.4, -0.2) is 48.2 Å². The number of amides is 1. The Labute approximate surface area is 141 Å². The number of rotatable bonds is 5. The van der Waals surface area contributed by atoms with Gasteiger partial charge in [0.15, 0.2) is 0 Å². The van der Waals surface area contributed by atoms with Crippen LogP contribution in [0.5, 0.6) is 0 Å². The van der Waals surface area contributed by atoms with Crippen LogP contribution in [0.25, 0.3) is 0 Å². The molecule has 2 fully saturated rings. The van der Waals surface area contributed by atoms with Crippen molar-refractivity contribution in [3.8, 4) is 0 Å². The van der Waals surface area contributed by atoms with Crippen molar-refractivity contribution in [2.45, 2.75) is 25.0 Å². The second-order valence-electron chi connectivity index (χ2n) is 6.65. The van der Waals surface area contributed by atoms with Crippen LogP contribution in [0.2, 0.25) is 0 Å². The third-order valence-corrected chi connectivity index (χ3v) is 5.25. The van der Waals surface area contributed by atoms with Crippen molar-refractivity contribution in [2.75, 3.05) is 19.7 Å². The molecule has 2 bridgehead atoms. The molecule has 1 aromatic rings. The number of nitrogens with zero attached hydrogens (tertiary/aromatic N) is 1. The molecule has 0 saturated carbocycles. The number of esters is 1. The first-order valence-corrected chi connectivity index (χ1v) is 8.51. The highest BCUT2D eigenvalue weighted by Gasteiger charge is 2.67. The van der Waals surface area contributed by atoms with Gasteiger partial charge in [-0.1, -0.05) is 42.5 Å². The molecule has 24 heavy (non-hydrogen) atoms. The number of likely N-dealkylation sites (tertiary alicyclic amines) is 1. The first-order chi connectivity index (χ1) is 11.6. The maximum Gasteiger partial charge on any atom is 0.312 e. The molecule has 3 aliphatic rings. The summed E-state index contributed by atoms with van der Waals surface area (Å²) in [4.78, 5) is 27.0. The van der Waals surface area contributed by atoms with Gasteiger partial charge in [0.25, 0.3) is 0 Å². The highest BCUT2D eigenvalue weighted by atomic mass is 16.6. The lowest BCUT2D eigenvalue weighted by molar-refractivity contribution is -0.153. The van der Waals surface area contributed by atoms with E-state index in [-0.39, 0.29) is 18.0 Å². The van der Waals surface area contributed by atoms with Crippen LogP contribution < -0.4 is 0 Å². The van der Waals surface area contributed by atoms with E-state index in [1.165, 1.54) is 5.56 Å². The molecule has 1 aromatic carbocycles. The van der Waals surface area contributed by atoms with Crippen molar-refractivity contribution in [2.24, 2.45) is 11.8 Å². The van der Waals surface area contributed by atoms with E-state index in [9.17, 15) is 9.59 Å². The van der Waals surface area contributed by atoms with E-state index in [2.05, 4.69) is 12.1 Å². The monoisotopic (exact) mass is 327 g/mol.